The van der Waals surface area contributed by atoms with E-state index in [1.54, 1.807) is 20.8 Å². The average Bonchev–Trinajstić information content (AvgIpc) is 2.18. The van der Waals surface area contributed by atoms with Crippen molar-refractivity contribution < 1.29 is 23.9 Å². The first-order chi connectivity index (χ1) is 8.20. The number of hydrogen-bond acceptors (Lipinski definition) is 6. The number of nitrogens with two attached hydrogens (primary N) is 1. The molecule has 0 aromatic rings. The zero-order chi connectivity index (χ0) is 13.9. The van der Waals surface area contributed by atoms with Gasteiger partial charge in [-0.25, -0.2) is 9.59 Å². The van der Waals surface area contributed by atoms with Gasteiger partial charge in [0.15, 0.2) is 6.17 Å². The molecule has 1 saturated heterocycles. The second-order valence-corrected chi connectivity index (χ2v) is 4.76. The van der Waals surface area contributed by atoms with Crippen molar-refractivity contribution in [3.05, 3.63) is 0 Å². The number of ether oxygens (including phenoxy) is 2. The van der Waals surface area contributed by atoms with Crippen LogP contribution in [-0.4, -0.2) is 47.9 Å². The Morgan fingerprint density at radius 1 is 1.44 bits per heavy atom. The Morgan fingerprint density at radius 3 is 2.61 bits per heavy atom. The minimum absolute atomic E-state index is 0.175. The maximum atomic E-state index is 11.6. The van der Waals surface area contributed by atoms with E-state index in [4.69, 9.17) is 10.5 Å². The molecule has 1 fully saturated rings. The van der Waals surface area contributed by atoms with Crippen molar-refractivity contribution in [1.29, 1.82) is 0 Å². The van der Waals surface area contributed by atoms with Gasteiger partial charge in [0.05, 0.1) is 0 Å². The van der Waals surface area contributed by atoms with Crippen LogP contribution in [0.25, 0.3) is 0 Å². The van der Waals surface area contributed by atoms with E-state index in [9.17, 15) is 14.4 Å². The summed E-state index contributed by atoms with van der Waals surface area (Å²) in [5.41, 5.74) is 4.72. The number of rotatable bonds is 0. The average molecular weight is 259 g/mol. The van der Waals surface area contributed by atoms with Crippen LogP contribution < -0.4 is 11.1 Å². The van der Waals surface area contributed by atoms with Crippen LogP contribution in [0.5, 0.6) is 0 Å². The maximum absolute atomic E-state index is 11.6. The summed E-state index contributed by atoms with van der Waals surface area (Å²) in [5, 5.41) is 2.48. The Bertz CT molecular complexity index is 363. The van der Waals surface area contributed by atoms with Crippen LogP contribution >= 0.6 is 0 Å². The van der Waals surface area contributed by atoms with Crippen LogP contribution in [0.2, 0.25) is 0 Å². The number of piperazine rings is 1. The van der Waals surface area contributed by atoms with Gasteiger partial charge in [-0.1, -0.05) is 0 Å². The van der Waals surface area contributed by atoms with E-state index in [1.807, 2.05) is 0 Å². The molecule has 1 aliphatic rings. The molecule has 102 valence electrons. The van der Waals surface area contributed by atoms with Crippen molar-refractivity contribution in [2.24, 2.45) is 5.73 Å². The molecule has 0 aliphatic carbocycles. The van der Waals surface area contributed by atoms with Gasteiger partial charge in [0.1, 0.15) is 5.60 Å². The summed E-state index contributed by atoms with van der Waals surface area (Å²) in [6, 6.07) is 0. The molecule has 1 unspecified atom stereocenters. The van der Waals surface area contributed by atoms with Crippen LogP contribution in [0.4, 0.5) is 9.59 Å². The Hall–Kier alpha value is -1.83. The number of carbonyl (C=O) groups is 3. The summed E-state index contributed by atoms with van der Waals surface area (Å²) in [6.07, 6.45) is -3.27. The lowest BCUT2D eigenvalue weighted by Crippen LogP contribution is -2.61. The molecule has 1 rings (SSSR count). The van der Waals surface area contributed by atoms with Gasteiger partial charge < -0.3 is 20.5 Å². The van der Waals surface area contributed by atoms with Gasteiger partial charge in [-0.2, -0.15) is 0 Å². The summed E-state index contributed by atoms with van der Waals surface area (Å²) in [5.74, 6) is -0.498. The van der Waals surface area contributed by atoms with Crippen molar-refractivity contribution in [3.8, 4) is 0 Å². The number of nitrogens with one attached hydrogen (secondary N) is 1. The van der Waals surface area contributed by atoms with Crippen LogP contribution in [-0.2, 0) is 14.3 Å². The highest BCUT2D eigenvalue weighted by Crippen LogP contribution is 2.10. The fourth-order valence-electron chi connectivity index (χ4n) is 1.29. The van der Waals surface area contributed by atoms with E-state index < -0.39 is 29.9 Å². The minimum atomic E-state index is -1.16. The minimum Gasteiger partial charge on any atom is -0.428 e. The fourth-order valence-corrected chi connectivity index (χ4v) is 1.29. The highest BCUT2D eigenvalue weighted by Gasteiger charge is 2.33. The molecule has 8 heteroatoms. The number of nitrogens with zero attached hydrogens (tertiary/aromatic N) is 1. The Kier molecular flexibility index (Phi) is 4.12. The molecule has 1 atom stereocenters. The SMILES string of the molecule is CC(C)(C)OC(=O)OC(=O)N1CCNC(=O)C1N. The van der Waals surface area contributed by atoms with E-state index in [1.165, 1.54) is 0 Å². The van der Waals surface area contributed by atoms with Gasteiger partial charge in [0, 0.05) is 13.1 Å². The number of hydrogen-bond donors (Lipinski definition) is 2. The smallest absolute Gasteiger partial charge is 0.428 e. The van der Waals surface area contributed by atoms with Crippen molar-refractivity contribution in [2.45, 2.75) is 32.5 Å². The monoisotopic (exact) mass is 259 g/mol. The summed E-state index contributed by atoms with van der Waals surface area (Å²) in [4.78, 5) is 35.0. The standard InChI is InChI=1S/C10H17N3O5/c1-10(2,3)18-9(16)17-8(15)13-5-4-12-7(14)6(13)11/h6H,4-5,11H2,1-3H3,(H,12,14). The lowest BCUT2D eigenvalue weighted by Gasteiger charge is -2.31. The van der Waals surface area contributed by atoms with E-state index in [0.29, 0.717) is 0 Å². The highest BCUT2D eigenvalue weighted by molar-refractivity contribution is 5.88. The van der Waals surface area contributed by atoms with Gasteiger partial charge in [-0.15, -0.1) is 0 Å². The zero-order valence-corrected chi connectivity index (χ0v) is 10.6. The van der Waals surface area contributed by atoms with Crippen LogP contribution in [0.3, 0.4) is 0 Å². The van der Waals surface area contributed by atoms with Gasteiger partial charge in [0.2, 0.25) is 0 Å². The lowest BCUT2D eigenvalue weighted by atomic mass is 10.2. The maximum Gasteiger partial charge on any atom is 0.517 e. The van der Waals surface area contributed by atoms with Gasteiger partial charge in [0.25, 0.3) is 5.91 Å². The topological polar surface area (TPSA) is 111 Å². The molecule has 2 amide bonds. The molecule has 0 radical (unpaired) electrons. The Labute approximate surface area is 104 Å². The third-order valence-corrected chi connectivity index (χ3v) is 2.05. The molecule has 1 aliphatic heterocycles. The second kappa shape index (κ2) is 5.21. The largest absolute Gasteiger partial charge is 0.517 e. The molecule has 8 nitrogen and oxygen atoms in total. The van der Waals surface area contributed by atoms with Crippen molar-refractivity contribution in [2.75, 3.05) is 13.1 Å². The van der Waals surface area contributed by atoms with Crippen LogP contribution in [0, 0.1) is 0 Å². The quantitative estimate of drug-likeness (QED) is 0.459. The first kappa shape index (κ1) is 14.2. The van der Waals surface area contributed by atoms with Gasteiger partial charge in [-0.3, -0.25) is 9.69 Å². The van der Waals surface area contributed by atoms with E-state index in [2.05, 4.69) is 10.1 Å². The summed E-state index contributed by atoms with van der Waals surface area (Å²) < 4.78 is 9.26. The van der Waals surface area contributed by atoms with E-state index in [0.717, 1.165) is 4.90 Å². The first-order valence-electron chi connectivity index (χ1n) is 5.45. The molecule has 0 saturated carbocycles. The summed E-state index contributed by atoms with van der Waals surface area (Å²) >= 11 is 0. The molecule has 18 heavy (non-hydrogen) atoms. The lowest BCUT2D eigenvalue weighted by molar-refractivity contribution is -0.128. The normalized spacial score (nSPS) is 20.1. The molecule has 0 spiro atoms. The first-order valence-corrected chi connectivity index (χ1v) is 5.45. The number of amides is 2. The van der Waals surface area contributed by atoms with E-state index >= 15 is 0 Å². The number of carbonyl (C=O) groups excluding carboxylic acids is 3. The predicted octanol–water partition coefficient (Wildman–Crippen LogP) is -0.225. The van der Waals surface area contributed by atoms with Crippen molar-refractivity contribution >= 4 is 18.2 Å². The van der Waals surface area contributed by atoms with Crippen LogP contribution in [0.15, 0.2) is 0 Å². The van der Waals surface area contributed by atoms with Gasteiger partial charge in [-0.05, 0) is 20.8 Å². The van der Waals surface area contributed by atoms with Crippen molar-refractivity contribution in [3.63, 3.8) is 0 Å². The summed E-state index contributed by atoms with van der Waals surface area (Å²) in [7, 11) is 0. The third kappa shape index (κ3) is 3.88. The van der Waals surface area contributed by atoms with E-state index in [-0.39, 0.29) is 13.1 Å². The molecule has 0 aromatic heterocycles. The van der Waals surface area contributed by atoms with Gasteiger partial charge >= 0.3 is 12.2 Å². The summed E-state index contributed by atoms with van der Waals surface area (Å²) in [6.45, 7) is 5.35. The molecule has 0 aromatic carbocycles. The highest BCUT2D eigenvalue weighted by atomic mass is 16.8. The molecular formula is C10H17N3O5. The van der Waals surface area contributed by atoms with Crippen LogP contribution in [0.1, 0.15) is 20.8 Å². The molecular weight excluding hydrogens is 242 g/mol. The zero-order valence-electron chi connectivity index (χ0n) is 10.6. The molecule has 0 bridgehead atoms. The Morgan fingerprint density at radius 2 is 2.06 bits per heavy atom. The van der Waals surface area contributed by atoms with Crippen molar-refractivity contribution in [1.82, 2.24) is 10.2 Å². The molecule has 3 N–H and O–H groups in total. The second-order valence-electron chi connectivity index (χ2n) is 4.76. The predicted molar refractivity (Wildman–Crippen MR) is 60.4 cm³/mol. The Balaban J connectivity index is 2.55. The third-order valence-electron chi connectivity index (χ3n) is 2.05. The fraction of sp³-hybridized carbons (Fsp3) is 0.700. The molecule has 1 heterocycles.